The number of hydrogen-bond acceptors (Lipinski definition) is 14. The summed E-state index contributed by atoms with van der Waals surface area (Å²) in [5.74, 6) is 0.807. The Kier molecular flexibility index (Phi) is 12.1. The molecule has 2 saturated carbocycles. The Bertz CT molecular complexity index is 3380. The number of phenols is 1. The molecule has 396 valence electrons. The molecule has 4 amide bonds. The van der Waals surface area contributed by atoms with E-state index in [2.05, 4.69) is 48.0 Å². The molecule has 8 aliphatic rings. The number of aromatic nitrogens is 3. The predicted molar refractivity (Wildman–Crippen MR) is 280 cm³/mol. The van der Waals surface area contributed by atoms with Crippen LogP contribution in [0.2, 0.25) is 0 Å². The average molecular weight is 1040 g/mol. The van der Waals surface area contributed by atoms with Crippen LogP contribution >= 0.6 is 0 Å². The molecule has 3 aromatic carbocycles. The number of ether oxygens (including phenoxy) is 1. The highest BCUT2D eigenvalue weighted by atomic mass is 19.1. The summed E-state index contributed by atoms with van der Waals surface area (Å²) in [5.41, 5.74) is 1.40. The van der Waals surface area contributed by atoms with E-state index >= 15 is 8.78 Å². The molecule has 7 fully saturated rings. The third kappa shape index (κ3) is 8.81. The number of rotatable bonds is 12. The van der Waals surface area contributed by atoms with Crippen LogP contribution in [0.5, 0.6) is 11.8 Å². The van der Waals surface area contributed by atoms with E-state index in [0.717, 1.165) is 102 Å². The fraction of sp³-hybridized carbons (Fsp3) is 0.483. The Labute approximate surface area is 444 Å². The SMILES string of the molecule is C#Cc1c(F)ccc2cc(O)cc(-c3ncc4c(N5CC6CCC(C5)N6C(=O)C5(C#N)CC5)nc(OCC5(CN6CCN(CC7CCN(c8ccc9c(c8)CN(C8CCC(=O)NC8=O)C9=O)CC7)CC6)CC5)nc4c3F)c12. The molecule has 6 aliphatic heterocycles. The third-order valence-electron chi connectivity index (χ3n) is 18.0. The summed E-state index contributed by atoms with van der Waals surface area (Å²) < 4.78 is 39.1. The van der Waals surface area contributed by atoms with Gasteiger partial charge in [-0.1, -0.05) is 12.0 Å². The Balaban J connectivity index is 0.671. The number of carbonyl (C=O) groups is 4. The molecule has 0 radical (unpaired) electrons. The van der Waals surface area contributed by atoms with Gasteiger partial charge < -0.3 is 39.2 Å². The van der Waals surface area contributed by atoms with E-state index in [1.54, 1.807) is 4.90 Å². The summed E-state index contributed by atoms with van der Waals surface area (Å²) in [6.45, 7) is 9.09. The Morgan fingerprint density at radius 3 is 2.34 bits per heavy atom. The lowest BCUT2D eigenvalue weighted by Crippen LogP contribution is -2.57. The Hall–Kier alpha value is -7.48. The van der Waals surface area contributed by atoms with Gasteiger partial charge in [-0.2, -0.15) is 15.2 Å². The molecule has 2 aromatic heterocycles. The van der Waals surface area contributed by atoms with Crippen LogP contribution in [0, 0.1) is 52.1 Å². The van der Waals surface area contributed by atoms with Gasteiger partial charge in [0.2, 0.25) is 17.7 Å². The molecule has 2 N–H and O–H groups in total. The van der Waals surface area contributed by atoms with Crippen LogP contribution in [0.1, 0.15) is 85.7 Å². The number of carbonyl (C=O) groups excluding carboxylic acids is 4. The molecule has 5 saturated heterocycles. The molecular weight excluding hydrogens is 985 g/mol. The van der Waals surface area contributed by atoms with Gasteiger partial charge in [0.15, 0.2) is 5.82 Å². The zero-order valence-electron chi connectivity index (χ0n) is 42.8. The molecule has 5 aromatic rings. The predicted octanol–water partition coefficient (Wildman–Crippen LogP) is 5.75. The molecule has 2 bridgehead atoms. The second-order valence-corrected chi connectivity index (χ2v) is 22.9. The number of pyridine rings is 1. The normalized spacial score (nSPS) is 24.0. The number of aromatic hydroxyl groups is 1. The molecule has 8 heterocycles. The number of phenolic OH excluding ortho intramolecular Hbond substituents is 1. The van der Waals surface area contributed by atoms with Crippen molar-refractivity contribution < 1.29 is 37.8 Å². The van der Waals surface area contributed by atoms with Crippen molar-refractivity contribution in [2.45, 2.75) is 88.9 Å². The molecule has 3 unspecified atom stereocenters. The van der Waals surface area contributed by atoms with E-state index in [9.17, 15) is 29.5 Å². The van der Waals surface area contributed by atoms with Crippen LogP contribution in [0.3, 0.4) is 0 Å². The quantitative estimate of drug-likeness (QED) is 0.114. The van der Waals surface area contributed by atoms with Crippen molar-refractivity contribution in [3.63, 3.8) is 0 Å². The smallest absolute Gasteiger partial charge is 0.319 e. The van der Waals surface area contributed by atoms with Gasteiger partial charge in [-0.05, 0) is 111 Å². The van der Waals surface area contributed by atoms with Gasteiger partial charge in [-0.15, -0.1) is 6.42 Å². The summed E-state index contributed by atoms with van der Waals surface area (Å²) in [7, 11) is 0. The summed E-state index contributed by atoms with van der Waals surface area (Å²) >= 11 is 0. The number of amides is 4. The number of anilines is 2. The molecular formula is C58H59F2N11O6. The van der Waals surface area contributed by atoms with Crippen LogP contribution in [0.25, 0.3) is 32.9 Å². The average Bonchev–Trinajstić information content (AvgIpc) is 4.37. The van der Waals surface area contributed by atoms with Crippen molar-refractivity contribution in [1.82, 2.24) is 39.9 Å². The van der Waals surface area contributed by atoms with E-state index in [1.165, 1.54) is 30.5 Å². The molecule has 19 heteroatoms. The summed E-state index contributed by atoms with van der Waals surface area (Å²) in [5, 5.41) is 24.1. The van der Waals surface area contributed by atoms with Crippen molar-refractivity contribution in [2.75, 3.05) is 81.9 Å². The van der Waals surface area contributed by atoms with Gasteiger partial charge in [0, 0.05) is 124 Å². The fourth-order valence-electron chi connectivity index (χ4n) is 13.3. The minimum atomic E-state index is -0.939. The minimum Gasteiger partial charge on any atom is -0.508 e. The molecule has 13 rings (SSSR count). The standard InChI is InChI=1S/C58H59F2N11O6/c1-2-41-45(59)8-3-35-24-40(72)25-43(48(35)41)50-49(60)51-44(26-62-50)52(69-29-38-4-5-39(30-69)71(38)55(76)58(31-61)15-16-58)65-56(64-51)77-33-57(13-14-57)32-67-21-19-66(20-22-67)27-34-11-17-68(18-12-34)37-6-7-42-36(23-37)28-70(54(42)75)46-9-10-47(73)63-53(46)74/h1,3,6-8,23-26,34,38-39,46,72H,4-5,9-22,27-30,32-33H2,(H,63,73,74). The Morgan fingerprint density at radius 1 is 0.883 bits per heavy atom. The number of imide groups is 1. The Morgan fingerprint density at radius 2 is 1.64 bits per heavy atom. The maximum atomic E-state index is 17.4. The maximum Gasteiger partial charge on any atom is 0.319 e. The number of terminal acetylenes is 1. The second kappa shape index (κ2) is 18.9. The van der Waals surface area contributed by atoms with Crippen molar-refractivity contribution >= 4 is 56.8 Å². The van der Waals surface area contributed by atoms with Crippen molar-refractivity contribution in [3.05, 3.63) is 77.0 Å². The summed E-state index contributed by atoms with van der Waals surface area (Å²) in [6, 6.07) is 12.8. The van der Waals surface area contributed by atoms with E-state index in [0.29, 0.717) is 73.6 Å². The summed E-state index contributed by atoms with van der Waals surface area (Å²) in [4.78, 5) is 78.6. The zero-order chi connectivity index (χ0) is 52.9. The van der Waals surface area contributed by atoms with Gasteiger partial charge >= 0.3 is 6.01 Å². The number of hydrogen-bond donors (Lipinski definition) is 2. The monoisotopic (exact) mass is 1040 g/mol. The fourth-order valence-corrected chi connectivity index (χ4v) is 13.3. The van der Waals surface area contributed by atoms with Crippen molar-refractivity contribution in [2.24, 2.45) is 16.7 Å². The number of halogens is 2. The number of benzene rings is 3. The third-order valence-corrected chi connectivity index (χ3v) is 18.0. The van der Waals surface area contributed by atoms with Crippen LogP contribution in [-0.2, 0) is 20.9 Å². The van der Waals surface area contributed by atoms with Gasteiger partial charge in [-0.3, -0.25) is 29.5 Å². The van der Waals surface area contributed by atoms with E-state index < -0.39 is 29.0 Å². The van der Waals surface area contributed by atoms with Crippen molar-refractivity contribution in [1.29, 1.82) is 5.26 Å². The number of fused-ring (bicyclic) bond motifs is 5. The minimum absolute atomic E-state index is 0.0109. The van der Waals surface area contributed by atoms with Gasteiger partial charge in [0.1, 0.15) is 40.1 Å². The lowest BCUT2D eigenvalue weighted by atomic mass is 9.95. The van der Waals surface area contributed by atoms with E-state index in [4.69, 9.17) is 21.1 Å². The largest absolute Gasteiger partial charge is 0.508 e. The van der Waals surface area contributed by atoms with Crippen LogP contribution in [-0.4, -0.2) is 153 Å². The van der Waals surface area contributed by atoms with Crippen LogP contribution in [0.15, 0.2) is 48.7 Å². The molecule has 3 atom stereocenters. The highest BCUT2D eigenvalue weighted by molar-refractivity contribution is 6.06. The first-order valence-electron chi connectivity index (χ1n) is 27.2. The first-order chi connectivity index (χ1) is 37.3. The van der Waals surface area contributed by atoms with Crippen LogP contribution in [0.4, 0.5) is 20.3 Å². The lowest BCUT2D eigenvalue weighted by Gasteiger charge is -2.42. The summed E-state index contributed by atoms with van der Waals surface area (Å²) in [6.07, 6.45) is 14.6. The second-order valence-electron chi connectivity index (χ2n) is 22.9. The molecule has 17 nitrogen and oxygen atoms in total. The molecule has 0 spiro atoms. The molecule has 77 heavy (non-hydrogen) atoms. The van der Waals surface area contributed by atoms with Crippen molar-refractivity contribution in [3.8, 4) is 41.4 Å². The van der Waals surface area contributed by atoms with Crippen LogP contribution < -0.4 is 19.9 Å². The van der Waals surface area contributed by atoms with E-state index in [-0.39, 0.29) is 81.1 Å². The first kappa shape index (κ1) is 49.1. The topological polar surface area (TPSA) is 192 Å². The number of piperidine rings is 2. The number of nitrogens with one attached hydrogen (secondary N) is 1. The van der Waals surface area contributed by atoms with Gasteiger partial charge in [-0.25, -0.2) is 8.78 Å². The van der Waals surface area contributed by atoms with E-state index in [1.807, 2.05) is 17.0 Å². The zero-order valence-corrected chi connectivity index (χ0v) is 42.8. The highest BCUT2D eigenvalue weighted by Crippen LogP contribution is 2.50. The van der Waals surface area contributed by atoms with Gasteiger partial charge in [0.05, 0.1) is 23.6 Å². The van der Waals surface area contributed by atoms with Gasteiger partial charge in [0.25, 0.3) is 5.91 Å². The first-order valence-corrected chi connectivity index (χ1v) is 27.2. The number of nitrogens with zero attached hydrogens (tertiary/aromatic N) is 10. The maximum absolute atomic E-state index is 17.4. The molecule has 2 aliphatic carbocycles. The lowest BCUT2D eigenvalue weighted by molar-refractivity contribution is -0.139. The number of nitriles is 1. The number of piperazine rings is 2. The highest BCUT2D eigenvalue weighted by Gasteiger charge is 2.57.